The first-order valence-electron chi connectivity index (χ1n) is 4.76. The lowest BCUT2D eigenvalue weighted by Gasteiger charge is -2.06. The number of carbonyl (C=O) groups excluding carboxylic acids is 1. The van der Waals surface area contributed by atoms with Crippen LogP contribution in [-0.2, 0) is 9.53 Å². The molecule has 2 rings (SSSR count). The zero-order chi connectivity index (χ0) is 10.8. The summed E-state index contributed by atoms with van der Waals surface area (Å²) in [6.45, 7) is 5.75. The predicted octanol–water partition coefficient (Wildman–Crippen LogP) is 3.02. The van der Waals surface area contributed by atoms with Gasteiger partial charge in [0, 0.05) is 6.42 Å². The van der Waals surface area contributed by atoms with Crippen LogP contribution in [-0.4, -0.2) is 12.1 Å². The molecule has 2 nitrogen and oxygen atoms in total. The molecule has 0 amide bonds. The molecule has 0 unspecified atom stereocenters. The molecule has 1 aromatic rings. The zero-order valence-corrected chi connectivity index (χ0v) is 9.34. The standard InChI is InChI=1S/C12H12O2S/c1-8(2)5-10-6-11(12(13)14-10)9-3-4-15-7-9/h3-4,6-7,10H,1,5H2,2H3/t10-/m1/s1. The third-order valence-electron chi connectivity index (χ3n) is 2.21. The zero-order valence-electron chi connectivity index (χ0n) is 8.53. The average molecular weight is 220 g/mol. The molecule has 1 aliphatic rings. The van der Waals surface area contributed by atoms with Crippen LogP contribution in [0.5, 0.6) is 0 Å². The fraction of sp³-hybridized carbons (Fsp3) is 0.250. The van der Waals surface area contributed by atoms with Gasteiger partial charge in [-0.25, -0.2) is 4.79 Å². The molecule has 0 saturated carbocycles. The van der Waals surface area contributed by atoms with Gasteiger partial charge in [-0.3, -0.25) is 0 Å². The lowest BCUT2D eigenvalue weighted by atomic mass is 10.1. The Kier molecular flexibility index (Phi) is 2.73. The molecule has 0 aliphatic carbocycles. The first kappa shape index (κ1) is 10.2. The molecule has 0 aromatic carbocycles. The number of hydrogen-bond acceptors (Lipinski definition) is 3. The number of rotatable bonds is 3. The van der Waals surface area contributed by atoms with Crippen LogP contribution in [0, 0.1) is 0 Å². The third-order valence-corrected chi connectivity index (χ3v) is 2.90. The number of cyclic esters (lactones) is 1. The van der Waals surface area contributed by atoms with Gasteiger partial charge in [0.2, 0.25) is 0 Å². The second-order valence-corrected chi connectivity index (χ2v) is 4.48. The van der Waals surface area contributed by atoms with Crippen LogP contribution in [0.1, 0.15) is 18.9 Å². The molecule has 15 heavy (non-hydrogen) atoms. The van der Waals surface area contributed by atoms with E-state index in [1.807, 2.05) is 29.8 Å². The fourth-order valence-electron chi connectivity index (χ4n) is 1.56. The maximum atomic E-state index is 11.5. The SMILES string of the molecule is C=C(C)C[C@@H]1C=C(c2ccsc2)C(=O)O1. The number of hydrogen-bond donors (Lipinski definition) is 0. The van der Waals surface area contributed by atoms with Crippen LogP contribution in [0.2, 0.25) is 0 Å². The van der Waals surface area contributed by atoms with Crippen molar-refractivity contribution >= 4 is 22.9 Å². The van der Waals surface area contributed by atoms with E-state index < -0.39 is 0 Å². The van der Waals surface area contributed by atoms with Gasteiger partial charge in [0.15, 0.2) is 0 Å². The molecule has 0 bridgehead atoms. The molecule has 78 valence electrons. The summed E-state index contributed by atoms with van der Waals surface area (Å²) < 4.78 is 5.22. The third kappa shape index (κ3) is 2.18. The first-order chi connectivity index (χ1) is 7.16. The van der Waals surface area contributed by atoms with E-state index in [4.69, 9.17) is 4.74 Å². The second-order valence-electron chi connectivity index (χ2n) is 3.70. The molecular weight excluding hydrogens is 208 g/mol. The Labute approximate surface area is 92.9 Å². The minimum atomic E-state index is -0.223. The Hall–Kier alpha value is -1.35. The van der Waals surface area contributed by atoms with Crippen LogP contribution in [0.25, 0.3) is 5.57 Å². The van der Waals surface area contributed by atoms with Gasteiger partial charge in [-0.2, -0.15) is 11.3 Å². The summed E-state index contributed by atoms with van der Waals surface area (Å²) in [6.07, 6.45) is 2.46. The molecule has 0 fully saturated rings. The molecular formula is C12H12O2S. The van der Waals surface area contributed by atoms with E-state index in [2.05, 4.69) is 6.58 Å². The maximum absolute atomic E-state index is 11.5. The van der Waals surface area contributed by atoms with Crippen molar-refractivity contribution < 1.29 is 9.53 Å². The topological polar surface area (TPSA) is 26.3 Å². The highest BCUT2D eigenvalue weighted by atomic mass is 32.1. The molecule has 0 saturated heterocycles. The van der Waals surface area contributed by atoms with Crippen LogP contribution < -0.4 is 0 Å². The van der Waals surface area contributed by atoms with Crippen molar-refractivity contribution in [1.29, 1.82) is 0 Å². The Balaban J connectivity index is 2.19. The van der Waals surface area contributed by atoms with Crippen molar-refractivity contribution in [1.82, 2.24) is 0 Å². The fourth-order valence-corrected chi connectivity index (χ4v) is 2.22. The number of ether oxygens (including phenoxy) is 1. The van der Waals surface area contributed by atoms with Crippen LogP contribution in [0.15, 0.2) is 35.1 Å². The van der Waals surface area contributed by atoms with Gasteiger partial charge < -0.3 is 4.74 Å². The predicted molar refractivity (Wildman–Crippen MR) is 61.6 cm³/mol. The second kappa shape index (κ2) is 4.03. The molecule has 3 heteroatoms. The quantitative estimate of drug-likeness (QED) is 0.578. The summed E-state index contributed by atoms with van der Waals surface area (Å²) in [5, 5.41) is 3.91. The highest BCUT2D eigenvalue weighted by molar-refractivity contribution is 7.08. The van der Waals surface area contributed by atoms with E-state index in [-0.39, 0.29) is 12.1 Å². The largest absolute Gasteiger partial charge is 0.454 e. The smallest absolute Gasteiger partial charge is 0.339 e. The lowest BCUT2D eigenvalue weighted by Crippen LogP contribution is -2.07. The van der Waals surface area contributed by atoms with Gasteiger partial charge in [0.25, 0.3) is 0 Å². The molecule has 1 atom stereocenters. The number of esters is 1. The van der Waals surface area contributed by atoms with Crippen LogP contribution >= 0.6 is 11.3 Å². The molecule has 0 spiro atoms. The van der Waals surface area contributed by atoms with E-state index in [0.29, 0.717) is 12.0 Å². The molecule has 1 aliphatic heterocycles. The van der Waals surface area contributed by atoms with E-state index in [1.165, 1.54) is 0 Å². The summed E-state index contributed by atoms with van der Waals surface area (Å²) in [4.78, 5) is 11.5. The molecule has 2 heterocycles. The van der Waals surface area contributed by atoms with Crippen LogP contribution in [0.3, 0.4) is 0 Å². The van der Waals surface area contributed by atoms with Gasteiger partial charge in [-0.05, 0) is 35.4 Å². The normalized spacial score (nSPS) is 19.9. The van der Waals surface area contributed by atoms with Gasteiger partial charge in [0.05, 0.1) is 5.57 Å². The van der Waals surface area contributed by atoms with E-state index in [1.54, 1.807) is 11.3 Å². The Morgan fingerprint density at radius 2 is 2.47 bits per heavy atom. The van der Waals surface area contributed by atoms with Crippen molar-refractivity contribution in [2.75, 3.05) is 0 Å². The molecule has 1 aromatic heterocycles. The maximum Gasteiger partial charge on any atom is 0.339 e. The van der Waals surface area contributed by atoms with Gasteiger partial charge >= 0.3 is 5.97 Å². The Morgan fingerprint density at radius 3 is 3.07 bits per heavy atom. The highest BCUT2D eigenvalue weighted by Gasteiger charge is 2.26. The van der Waals surface area contributed by atoms with Crippen molar-refractivity contribution in [3.8, 4) is 0 Å². The summed E-state index contributed by atoms with van der Waals surface area (Å²) >= 11 is 1.58. The van der Waals surface area contributed by atoms with E-state index in [0.717, 1.165) is 11.1 Å². The van der Waals surface area contributed by atoms with Crippen molar-refractivity contribution in [3.05, 3.63) is 40.6 Å². The Bertz CT molecular complexity index is 415. The molecule has 0 radical (unpaired) electrons. The lowest BCUT2D eigenvalue weighted by molar-refractivity contribution is -0.137. The first-order valence-corrected chi connectivity index (χ1v) is 5.71. The number of carbonyl (C=O) groups is 1. The summed E-state index contributed by atoms with van der Waals surface area (Å²) in [6, 6.07) is 1.93. The van der Waals surface area contributed by atoms with Crippen molar-refractivity contribution in [2.24, 2.45) is 0 Å². The summed E-state index contributed by atoms with van der Waals surface area (Å²) in [5.41, 5.74) is 2.66. The minimum absolute atomic E-state index is 0.134. The number of thiophene rings is 1. The van der Waals surface area contributed by atoms with Gasteiger partial charge in [0.1, 0.15) is 6.10 Å². The highest BCUT2D eigenvalue weighted by Crippen LogP contribution is 2.27. The van der Waals surface area contributed by atoms with Gasteiger partial charge in [-0.15, -0.1) is 0 Å². The van der Waals surface area contributed by atoms with Crippen molar-refractivity contribution in [3.63, 3.8) is 0 Å². The van der Waals surface area contributed by atoms with Crippen LogP contribution in [0.4, 0.5) is 0 Å². The summed E-state index contributed by atoms with van der Waals surface area (Å²) in [5.74, 6) is -0.223. The van der Waals surface area contributed by atoms with Crippen molar-refractivity contribution in [2.45, 2.75) is 19.4 Å². The minimum Gasteiger partial charge on any atom is -0.454 e. The van der Waals surface area contributed by atoms with E-state index >= 15 is 0 Å². The average Bonchev–Trinajstić information content (AvgIpc) is 2.72. The van der Waals surface area contributed by atoms with E-state index in [9.17, 15) is 4.79 Å². The molecule has 0 N–H and O–H groups in total. The monoisotopic (exact) mass is 220 g/mol. The Morgan fingerprint density at radius 1 is 1.67 bits per heavy atom. The summed E-state index contributed by atoms with van der Waals surface area (Å²) in [7, 11) is 0. The van der Waals surface area contributed by atoms with Gasteiger partial charge in [-0.1, -0.05) is 12.2 Å².